The molecule has 3 aromatic carbocycles. The molecule has 1 heterocycles. The molecule has 9 heteroatoms. The number of benzene rings is 3. The summed E-state index contributed by atoms with van der Waals surface area (Å²) in [5, 5.41) is 3.11. The van der Waals surface area contributed by atoms with E-state index in [1.165, 1.54) is 25.3 Å². The number of esters is 1. The number of anilines is 2. The van der Waals surface area contributed by atoms with Gasteiger partial charge in [-0.1, -0.05) is 43.5 Å². The summed E-state index contributed by atoms with van der Waals surface area (Å²) in [4.78, 5) is 32.4. The van der Waals surface area contributed by atoms with Crippen LogP contribution in [0.15, 0.2) is 71.1 Å². The minimum atomic E-state index is -0.813. The Kier molecular flexibility index (Phi) is 9.36. The lowest BCUT2D eigenvalue weighted by molar-refractivity contribution is -0.141. The van der Waals surface area contributed by atoms with E-state index in [9.17, 15) is 14.0 Å². The van der Waals surface area contributed by atoms with Crippen LogP contribution in [-0.4, -0.2) is 50.1 Å². The molecule has 42 heavy (non-hydrogen) atoms. The lowest BCUT2D eigenvalue weighted by atomic mass is 9.83. The second-order valence-electron chi connectivity index (χ2n) is 10.7. The number of oxazole rings is 1. The van der Waals surface area contributed by atoms with Gasteiger partial charge in [-0.2, -0.15) is 4.98 Å². The average Bonchev–Trinajstić information content (AvgIpc) is 3.46. The van der Waals surface area contributed by atoms with Crippen molar-refractivity contribution in [1.29, 1.82) is 0 Å². The zero-order chi connectivity index (χ0) is 29.5. The summed E-state index contributed by atoms with van der Waals surface area (Å²) in [5.74, 6) is -0.395. The van der Waals surface area contributed by atoms with Crippen molar-refractivity contribution in [3.8, 4) is 5.75 Å². The molecule has 0 radical (unpaired) electrons. The zero-order valence-corrected chi connectivity index (χ0v) is 24.0. The van der Waals surface area contributed by atoms with E-state index in [0.717, 1.165) is 48.8 Å². The smallest absolute Gasteiger partial charge is 0.328 e. The number of carbonyl (C=O) groups excluding carboxylic acids is 2. The third-order valence-corrected chi connectivity index (χ3v) is 7.71. The number of halogens is 1. The van der Waals surface area contributed by atoms with Gasteiger partial charge in [-0.3, -0.25) is 4.79 Å². The Morgan fingerprint density at radius 1 is 1.07 bits per heavy atom. The fourth-order valence-corrected chi connectivity index (χ4v) is 5.34. The number of hydrogen-bond acceptors (Lipinski definition) is 8. The van der Waals surface area contributed by atoms with Crippen molar-refractivity contribution in [3.63, 3.8) is 0 Å². The summed E-state index contributed by atoms with van der Waals surface area (Å²) >= 11 is 0. The predicted molar refractivity (Wildman–Crippen MR) is 160 cm³/mol. The molecule has 0 spiro atoms. The Balaban J connectivity index is 1.20. The molecule has 1 aliphatic rings. The summed E-state index contributed by atoms with van der Waals surface area (Å²) in [6.45, 7) is 0.983. The molecule has 1 aliphatic carbocycles. The fourth-order valence-electron chi connectivity index (χ4n) is 5.34. The van der Waals surface area contributed by atoms with Crippen molar-refractivity contribution < 1.29 is 27.9 Å². The van der Waals surface area contributed by atoms with Crippen LogP contribution in [0.3, 0.4) is 0 Å². The SMILES string of the molecule is COC(=O)C(Cc1ccc(OCCN(C)c2nc3ccccc3o2)cc1)Nc1cc(F)ccc1C(=O)C1CCCCC1. The van der Waals surface area contributed by atoms with Gasteiger partial charge in [0, 0.05) is 30.6 Å². The first kappa shape index (κ1) is 29.1. The third kappa shape index (κ3) is 7.08. The van der Waals surface area contributed by atoms with E-state index >= 15 is 0 Å². The van der Waals surface area contributed by atoms with Gasteiger partial charge in [-0.15, -0.1) is 0 Å². The number of ether oxygens (including phenoxy) is 2. The van der Waals surface area contributed by atoms with E-state index in [1.54, 1.807) is 0 Å². The number of para-hydroxylation sites is 2. The van der Waals surface area contributed by atoms with Crippen LogP contribution >= 0.6 is 0 Å². The Morgan fingerprint density at radius 3 is 2.57 bits per heavy atom. The van der Waals surface area contributed by atoms with E-state index in [4.69, 9.17) is 13.9 Å². The van der Waals surface area contributed by atoms with Crippen LogP contribution in [0, 0.1) is 11.7 Å². The predicted octanol–water partition coefficient (Wildman–Crippen LogP) is 6.44. The number of methoxy groups -OCH3 is 1. The second kappa shape index (κ2) is 13.5. The first-order valence-electron chi connectivity index (χ1n) is 14.4. The molecule has 1 unspecified atom stereocenters. The Bertz CT molecular complexity index is 1480. The summed E-state index contributed by atoms with van der Waals surface area (Å²) in [7, 11) is 3.20. The molecular weight excluding hydrogens is 537 g/mol. The van der Waals surface area contributed by atoms with Crippen LogP contribution in [0.5, 0.6) is 5.75 Å². The normalized spacial score (nSPS) is 14.4. The monoisotopic (exact) mass is 573 g/mol. The number of ketones is 1. The lowest BCUT2D eigenvalue weighted by Crippen LogP contribution is -2.34. The number of carbonyl (C=O) groups is 2. The van der Waals surface area contributed by atoms with Crippen molar-refractivity contribution in [2.24, 2.45) is 5.92 Å². The van der Waals surface area contributed by atoms with E-state index in [-0.39, 0.29) is 18.1 Å². The fraction of sp³-hybridized carbons (Fsp3) is 0.364. The molecule has 4 aromatic rings. The van der Waals surface area contributed by atoms with E-state index in [1.807, 2.05) is 60.5 Å². The van der Waals surface area contributed by atoms with Crippen LogP contribution in [-0.2, 0) is 16.0 Å². The largest absolute Gasteiger partial charge is 0.492 e. The van der Waals surface area contributed by atoms with Gasteiger partial charge in [0.2, 0.25) is 0 Å². The van der Waals surface area contributed by atoms with E-state index in [0.29, 0.717) is 36.2 Å². The van der Waals surface area contributed by atoms with Crippen LogP contribution in [0.25, 0.3) is 11.1 Å². The second-order valence-corrected chi connectivity index (χ2v) is 10.7. The van der Waals surface area contributed by atoms with Gasteiger partial charge >= 0.3 is 5.97 Å². The van der Waals surface area contributed by atoms with Crippen molar-refractivity contribution in [2.75, 3.05) is 37.5 Å². The molecule has 0 aliphatic heterocycles. The molecule has 0 bridgehead atoms. The molecule has 1 aromatic heterocycles. The van der Waals surface area contributed by atoms with Gasteiger partial charge < -0.3 is 24.1 Å². The van der Waals surface area contributed by atoms with Crippen molar-refractivity contribution >= 4 is 34.6 Å². The maximum Gasteiger partial charge on any atom is 0.328 e. The minimum Gasteiger partial charge on any atom is -0.492 e. The topological polar surface area (TPSA) is 93.9 Å². The van der Waals surface area contributed by atoms with Crippen molar-refractivity contribution in [2.45, 2.75) is 44.6 Å². The first-order chi connectivity index (χ1) is 20.4. The number of nitrogens with zero attached hydrogens (tertiary/aromatic N) is 2. The van der Waals surface area contributed by atoms with Crippen molar-refractivity contribution in [3.05, 3.63) is 83.7 Å². The van der Waals surface area contributed by atoms with Crippen LogP contribution < -0.4 is 15.0 Å². The molecule has 5 rings (SSSR count). The third-order valence-electron chi connectivity index (χ3n) is 7.71. The number of hydrogen-bond donors (Lipinski definition) is 1. The lowest BCUT2D eigenvalue weighted by Gasteiger charge is -2.24. The quantitative estimate of drug-likeness (QED) is 0.153. The number of likely N-dealkylation sites (N-methyl/N-ethyl adjacent to an activating group) is 1. The Morgan fingerprint density at radius 2 is 1.83 bits per heavy atom. The van der Waals surface area contributed by atoms with Gasteiger partial charge in [0.05, 0.1) is 13.7 Å². The molecule has 1 fully saturated rings. The van der Waals surface area contributed by atoms with Crippen LogP contribution in [0.4, 0.5) is 16.1 Å². The number of rotatable bonds is 12. The highest BCUT2D eigenvalue weighted by molar-refractivity contribution is 6.03. The summed E-state index contributed by atoms with van der Waals surface area (Å²) < 4.78 is 31.0. The molecular formula is C33H36FN3O5. The first-order valence-corrected chi connectivity index (χ1v) is 14.4. The Hall–Kier alpha value is -4.40. The van der Waals surface area contributed by atoms with Gasteiger partial charge in [-0.05, 0) is 60.9 Å². The molecule has 8 nitrogen and oxygen atoms in total. The number of Topliss-reactive ketones (excluding diaryl/α,β-unsaturated/α-hetero) is 1. The van der Waals surface area contributed by atoms with E-state index in [2.05, 4.69) is 10.3 Å². The van der Waals surface area contributed by atoms with Gasteiger partial charge in [0.1, 0.15) is 29.7 Å². The molecule has 1 N–H and O–H groups in total. The molecule has 0 amide bonds. The molecule has 0 saturated heterocycles. The van der Waals surface area contributed by atoms with Crippen LogP contribution in [0.2, 0.25) is 0 Å². The summed E-state index contributed by atoms with van der Waals surface area (Å²) in [6.07, 6.45) is 5.10. The minimum absolute atomic E-state index is 0.0101. The molecule has 1 atom stereocenters. The Labute approximate surface area is 244 Å². The molecule has 1 saturated carbocycles. The van der Waals surface area contributed by atoms with Gasteiger partial charge in [-0.25, -0.2) is 9.18 Å². The highest BCUT2D eigenvalue weighted by Crippen LogP contribution is 2.30. The van der Waals surface area contributed by atoms with Gasteiger partial charge in [0.25, 0.3) is 6.01 Å². The average molecular weight is 574 g/mol. The summed E-state index contributed by atoms with van der Waals surface area (Å²) in [6, 6.07) is 18.8. The number of nitrogens with one attached hydrogen (secondary N) is 1. The summed E-state index contributed by atoms with van der Waals surface area (Å²) in [5.41, 5.74) is 3.11. The maximum atomic E-state index is 14.3. The van der Waals surface area contributed by atoms with Crippen molar-refractivity contribution in [1.82, 2.24) is 4.98 Å². The number of fused-ring (bicyclic) bond motifs is 1. The molecule has 220 valence electrons. The highest BCUT2D eigenvalue weighted by Gasteiger charge is 2.27. The standard InChI is InChI=1S/C33H36FN3O5/c1-37(33-36-27-10-6-7-11-30(27)42-33)18-19-41-25-15-12-22(13-16-25)20-29(32(39)40-2)35-28-21-24(34)14-17-26(28)31(38)23-8-4-3-5-9-23/h6-7,10-17,21,23,29,35H,3-5,8-9,18-20H2,1-2H3. The number of aromatic nitrogens is 1. The van der Waals surface area contributed by atoms with Gasteiger partial charge in [0.15, 0.2) is 11.4 Å². The highest BCUT2D eigenvalue weighted by atomic mass is 19.1. The van der Waals surface area contributed by atoms with E-state index < -0.39 is 17.8 Å². The van der Waals surface area contributed by atoms with Crippen LogP contribution in [0.1, 0.15) is 48.0 Å². The maximum absolute atomic E-state index is 14.3. The zero-order valence-electron chi connectivity index (χ0n) is 24.0.